The van der Waals surface area contributed by atoms with E-state index in [4.69, 9.17) is 27.9 Å². The van der Waals surface area contributed by atoms with E-state index in [0.717, 1.165) is 0 Å². The molecule has 0 aromatic heterocycles. The molecule has 0 aliphatic heterocycles. The average molecular weight is 313 g/mol. The van der Waals surface area contributed by atoms with Crippen LogP contribution in [0.15, 0.2) is 42.5 Å². The number of benzene rings is 2. The maximum absolute atomic E-state index is 12.9. The molecule has 2 aromatic carbocycles. The van der Waals surface area contributed by atoms with Crippen LogP contribution in [0.25, 0.3) is 0 Å². The van der Waals surface area contributed by atoms with Gasteiger partial charge < -0.3 is 4.74 Å². The molecular weight excluding hydrogens is 302 g/mol. The Morgan fingerprint density at radius 3 is 2.65 bits per heavy atom. The molecule has 0 saturated carbocycles. The van der Waals surface area contributed by atoms with Gasteiger partial charge >= 0.3 is 0 Å². The molecule has 2 rings (SSSR count). The molecule has 0 aliphatic carbocycles. The summed E-state index contributed by atoms with van der Waals surface area (Å²) in [6.07, 6.45) is 0.0969. The highest BCUT2D eigenvalue weighted by Gasteiger charge is 2.09. The van der Waals surface area contributed by atoms with Crippen molar-refractivity contribution in [1.29, 1.82) is 0 Å². The highest BCUT2D eigenvalue weighted by Crippen LogP contribution is 2.19. The average Bonchev–Trinajstić information content (AvgIpc) is 2.40. The molecule has 104 valence electrons. The number of halogens is 3. The maximum Gasteiger partial charge on any atom is 0.174 e. The Bertz CT molecular complexity index is 629. The maximum atomic E-state index is 12.9. The zero-order chi connectivity index (χ0) is 14.5. The monoisotopic (exact) mass is 312 g/mol. The van der Waals surface area contributed by atoms with Gasteiger partial charge in [0.05, 0.1) is 0 Å². The van der Waals surface area contributed by atoms with E-state index in [2.05, 4.69) is 0 Å². The van der Waals surface area contributed by atoms with Crippen molar-refractivity contribution in [1.82, 2.24) is 0 Å². The lowest BCUT2D eigenvalue weighted by molar-refractivity contribution is -0.120. The van der Waals surface area contributed by atoms with E-state index in [1.165, 1.54) is 18.2 Å². The van der Waals surface area contributed by atoms with Gasteiger partial charge in [-0.3, -0.25) is 4.79 Å². The van der Waals surface area contributed by atoms with E-state index in [0.29, 0.717) is 16.3 Å². The molecule has 0 N–H and O–H groups in total. The van der Waals surface area contributed by atoms with Gasteiger partial charge in [0.2, 0.25) is 0 Å². The van der Waals surface area contributed by atoms with Crippen LogP contribution in [0.5, 0.6) is 5.75 Å². The highest BCUT2D eigenvalue weighted by molar-refractivity contribution is 6.31. The van der Waals surface area contributed by atoms with Crippen LogP contribution in [-0.2, 0) is 11.2 Å². The van der Waals surface area contributed by atoms with Gasteiger partial charge in [-0.15, -0.1) is 0 Å². The van der Waals surface area contributed by atoms with Crippen LogP contribution < -0.4 is 4.74 Å². The Labute approximate surface area is 126 Å². The SMILES string of the molecule is O=C(COc1cccc(Cl)c1)Cc1ccc(F)cc1Cl. The fraction of sp³-hybridized carbons (Fsp3) is 0.133. The summed E-state index contributed by atoms with van der Waals surface area (Å²) in [7, 11) is 0. The van der Waals surface area contributed by atoms with Crippen molar-refractivity contribution in [3.05, 3.63) is 63.9 Å². The van der Waals surface area contributed by atoms with Crippen LogP contribution in [0, 0.1) is 5.82 Å². The molecule has 0 atom stereocenters. The number of carbonyl (C=O) groups is 1. The van der Waals surface area contributed by atoms with Gasteiger partial charge in [0.1, 0.15) is 18.2 Å². The van der Waals surface area contributed by atoms with E-state index in [1.54, 1.807) is 24.3 Å². The first kappa shape index (κ1) is 14.8. The van der Waals surface area contributed by atoms with Crippen molar-refractivity contribution < 1.29 is 13.9 Å². The van der Waals surface area contributed by atoms with Gasteiger partial charge in [0.15, 0.2) is 5.78 Å². The Kier molecular flexibility index (Phi) is 4.99. The number of Topliss-reactive ketones (excluding diaryl/α,β-unsaturated/α-hetero) is 1. The topological polar surface area (TPSA) is 26.3 Å². The standard InChI is InChI=1S/C15H11Cl2FO2/c16-11-2-1-3-14(7-11)20-9-13(19)6-10-4-5-12(18)8-15(10)17/h1-5,7-8H,6,9H2. The van der Waals surface area contributed by atoms with Crippen molar-refractivity contribution in [2.24, 2.45) is 0 Å². The van der Waals surface area contributed by atoms with Crippen LogP contribution in [-0.4, -0.2) is 12.4 Å². The molecule has 0 fully saturated rings. The first-order chi connectivity index (χ1) is 9.54. The Hall–Kier alpha value is -1.58. The first-order valence-corrected chi connectivity index (χ1v) is 6.64. The second-order valence-electron chi connectivity index (χ2n) is 4.20. The second-order valence-corrected chi connectivity index (χ2v) is 5.04. The number of ether oxygens (including phenoxy) is 1. The summed E-state index contributed by atoms with van der Waals surface area (Å²) in [5.74, 6) is -0.0593. The Balaban J connectivity index is 1.92. The molecular formula is C15H11Cl2FO2. The van der Waals surface area contributed by atoms with Crippen LogP contribution >= 0.6 is 23.2 Å². The predicted octanol–water partition coefficient (Wildman–Crippen LogP) is 4.32. The fourth-order valence-corrected chi connectivity index (χ4v) is 2.06. The summed E-state index contributed by atoms with van der Waals surface area (Å²) in [5, 5.41) is 0.776. The molecule has 0 bridgehead atoms. The van der Waals surface area contributed by atoms with E-state index < -0.39 is 5.82 Å². The second kappa shape index (κ2) is 6.73. The minimum Gasteiger partial charge on any atom is -0.486 e. The minimum absolute atomic E-state index is 0.0892. The van der Waals surface area contributed by atoms with Gasteiger partial charge in [0, 0.05) is 16.5 Å². The molecule has 2 nitrogen and oxygen atoms in total. The third-order valence-electron chi connectivity index (χ3n) is 2.60. The minimum atomic E-state index is -0.429. The summed E-state index contributed by atoms with van der Waals surface area (Å²) in [5.41, 5.74) is 0.577. The normalized spacial score (nSPS) is 10.3. The smallest absolute Gasteiger partial charge is 0.174 e. The van der Waals surface area contributed by atoms with Gasteiger partial charge in [-0.05, 0) is 35.9 Å². The Morgan fingerprint density at radius 1 is 1.15 bits per heavy atom. The van der Waals surface area contributed by atoms with E-state index in [1.807, 2.05) is 0 Å². The van der Waals surface area contributed by atoms with Crippen molar-refractivity contribution in [2.75, 3.05) is 6.61 Å². The zero-order valence-electron chi connectivity index (χ0n) is 10.4. The van der Waals surface area contributed by atoms with Gasteiger partial charge in [-0.1, -0.05) is 35.3 Å². The number of ketones is 1. The Morgan fingerprint density at radius 2 is 1.95 bits per heavy atom. The van der Waals surface area contributed by atoms with Gasteiger partial charge in [0.25, 0.3) is 0 Å². The highest BCUT2D eigenvalue weighted by atomic mass is 35.5. The number of rotatable bonds is 5. The molecule has 5 heteroatoms. The third-order valence-corrected chi connectivity index (χ3v) is 3.19. The molecule has 0 radical (unpaired) electrons. The first-order valence-electron chi connectivity index (χ1n) is 5.88. The van der Waals surface area contributed by atoms with Crippen molar-refractivity contribution in [2.45, 2.75) is 6.42 Å². The number of carbonyl (C=O) groups excluding carboxylic acids is 1. The predicted molar refractivity (Wildman–Crippen MR) is 77.1 cm³/mol. The van der Waals surface area contributed by atoms with E-state index in [-0.39, 0.29) is 23.8 Å². The molecule has 0 amide bonds. The molecule has 0 spiro atoms. The molecule has 20 heavy (non-hydrogen) atoms. The molecule has 2 aromatic rings. The van der Waals surface area contributed by atoms with Crippen molar-refractivity contribution in [3.8, 4) is 5.75 Å². The summed E-state index contributed by atoms with van der Waals surface area (Å²) in [6.45, 7) is -0.0892. The van der Waals surface area contributed by atoms with Crippen LogP contribution in [0.4, 0.5) is 4.39 Å². The van der Waals surface area contributed by atoms with Crippen molar-refractivity contribution in [3.63, 3.8) is 0 Å². The number of hydrogen-bond donors (Lipinski definition) is 0. The largest absolute Gasteiger partial charge is 0.486 e. The van der Waals surface area contributed by atoms with E-state index in [9.17, 15) is 9.18 Å². The summed E-state index contributed by atoms with van der Waals surface area (Å²) >= 11 is 11.7. The molecule has 0 saturated heterocycles. The summed E-state index contributed by atoms with van der Waals surface area (Å²) in [6, 6.07) is 10.7. The lowest BCUT2D eigenvalue weighted by Crippen LogP contribution is -2.14. The molecule has 0 heterocycles. The number of hydrogen-bond acceptors (Lipinski definition) is 2. The van der Waals surface area contributed by atoms with Crippen LogP contribution in [0.2, 0.25) is 10.0 Å². The van der Waals surface area contributed by atoms with Crippen LogP contribution in [0.1, 0.15) is 5.56 Å². The van der Waals surface area contributed by atoms with Gasteiger partial charge in [-0.25, -0.2) is 4.39 Å². The quantitative estimate of drug-likeness (QED) is 0.821. The lowest BCUT2D eigenvalue weighted by atomic mass is 10.1. The summed E-state index contributed by atoms with van der Waals surface area (Å²) < 4.78 is 18.2. The third kappa shape index (κ3) is 4.22. The molecule has 0 aliphatic rings. The van der Waals surface area contributed by atoms with Gasteiger partial charge in [-0.2, -0.15) is 0 Å². The zero-order valence-corrected chi connectivity index (χ0v) is 11.9. The summed E-state index contributed by atoms with van der Waals surface area (Å²) in [4.78, 5) is 11.8. The molecule has 0 unspecified atom stereocenters. The van der Waals surface area contributed by atoms with Crippen LogP contribution in [0.3, 0.4) is 0 Å². The van der Waals surface area contributed by atoms with E-state index >= 15 is 0 Å². The van der Waals surface area contributed by atoms with Crippen molar-refractivity contribution >= 4 is 29.0 Å². The lowest BCUT2D eigenvalue weighted by Gasteiger charge is -2.07. The fourth-order valence-electron chi connectivity index (χ4n) is 1.65.